The van der Waals surface area contributed by atoms with Crippen LogP contribution in [-0.4, -0.2) is 31.4 Å². The second-order valence-electron chi connectivity index (χ2n) is 7.11. The van der Waals surface area contributed by atoms with Gasteiger partial charge in [-0.05, 0) is 67.4 Å². The molecule has 6 nitrogen and oxygen atoms in total. The number of nitrogens with one attached hydrogen (secondary N) is 1. The molecule has 0 bridgehead atoms. The van der Waals surface area contributed by atoms with Crippen LogP contribution in [0.2, 0.25) is 10.0 Å². The SMILES string of the molecule is Cc1ccc(-n2c(SCC(=O)Nc3ccc(Cl)c(Cl)c3)nnc2-c2ccncc2)cc1C. The average molecular weight is 484 g/mol. The fraction of sp³-hybridized carbons (Fsp3) is 0.130. The van der Waals surface area contributed by atoms with Gasteiger partial charge in [-0.15, -0.1) is 10.2 Å². The number of hydrogen-bond donors (Lipinski definition) is 1. The molecule has 0 aliphatic rings. The molecule has 32 heavy (non-hydrogen) atoms. The van der Waals surface area contributed by atoms with E-state index in [9.17, 15) is 4.79 Å². The van der Waals surface area contributed by atoms with E-state index in [2.05, 4.69) is 46.5 Å². The first-order chi connectivity index (χ1) is 15.4. The number of carbonyl (C=O) groups excluding carboxylic acids is 1. The molecule has 2 aromatic heterocycles. The van der Waals surface area contributed by atoms with Crippen molar-refractivity contribution < 1.29 is 4.79 Å². The molecule has 4 aromatic rings. The molecule has 9 heteroatoms. The first kappa shape index (κ1) is 22.3. The number of anilines is 1. The minimum Gasteiger partial charge on any atom is -0.325 e. The van der Waals surface area contributed by atoms with Gasteiger partial charge in [0.1, 0.15) is 0 Å². The summed E-state index contributed by atoms with van der Waals surface area (Å²) in [6, 6.07) is 14.9. The Morgan fingerprint density at radius 3 is 2.47 bits per heavy atom. The fourth-order valence-electron chi connectivity index (χ4n) is 3.05. The summed E-state index contributed by atoms with van der Waals surface area (Å²) in [5.41, 5.74) is 4.75. The molecule has 162 valence electrons. The number of carbonyl (C=O) groups is 1. The number of hydrogen-bond acceptors (Lipinski definition) is 5. The minimum absolute atomic E-state index is 0.152. The Hall–Kier alpha value is -2.87. The number of amides is 1. The average Bonchev–Trinajstić information content (AvgIpc) is 3.21. The lowest BCUT2D eigenvalue weighted by Crippen LogP contribution is -2.14. The molecule has 1 amide bonds. The number of rotatable bonds is 6. The van der Waals surface area contributed by atoms with Gasteiger partial charge in [-0.2, -0.15) is 0 Å². The Labute approximate surface area is 200 Å². The molecule has 0 aliphatic heterocycles. The molecule has 0 radical (unpaired) electrons. The Morgan fingerprint density at radius 2 is 1.75 bits per heavy atom. The van der Waals surface area contributed by atoms with Crippen molar-refractivity contribution in [1.29, 1.82) is 0 Å². The van der Waals surface area contributed by atoms with Crippen molar-refractivity contribution in [3.8, 4) is 17.1 Å². The van der Waals surface area contributed by atoms with Crippen LogP contribution in [0.1, 0.15) is 11.1 Å². The maximum Gasteiger partial charge on any atom is 0.234 e. The normalized spacial score (nSPS) is 10.9. The van der Waals surface area contributed by atoms with Gasteiger partial charge < -0.3 is 5.32 Å². The first-order valence-electron chi connectivity index (χ1n) is 9.73. The molecular weight excluding hydrogens is 465 g/mol. The van der Waals surface area contributed by atoms with Crippen molar-refractivity contribution in [3.63, 3.8) is 0 Å². The van der Waals surface area contributed by atoms with Gasteiger partial charge >= 0.3 is 0 Å². The summed E-state index contributed by atoms with van der Waals surface area (Å²) in [4.78, 5) is 16.6. The predicted octanol–water partition coefficient (Wildman–Crippen LogP) is 5.98. The molecule has 4 rings (SSSR count). The lowest BCUT2D eigenvalue weighted by Gasteiger charge is -2.12. The summed E-state index contributed by atoms with van der Waals surface area (Å²) in [5.74, 6) is 0.649. The van der Waals surface area contributed by atoms with Crippen molar-refractivity contribution in [1.82, 2.24) is 19.7 Å². The van der Waals surface area contributed by atoms with Gasteiger partial charge in [0, 0.05) is 23.6 Å². The number of benzene rings is 2. The van der Waals surface area contributed by atoms with Crippen molar-refractivity contribution in [2.75, 3.05) is 11.1 Å². The van der Waals surface area contributed by atoms with E-state index in [1.165, 1.54) is 17.3 Å². The van der Waals surface area contributed by atoms with E-state index in [-0.39, 0.29) is 11.7 Å². The number of halogens is 2. The van der Waals surface area contributed by atoms with E-state index in [0.29, 0.717) is 26.7 Å². The molecule has 1 N–H and O–H groups in total. The van der Waals surface area contributed by atoms with Gasteiger partial charge in [-0.1, -0.05) is 41.0 Å². The van der Waals surface area contributed by atoms with Gasteiger partial charge in [0.2, 0.25) is 5.91 Å². The van der Waals surface area contributed by atoms with E-state index in [0.717, 1.165) is 16.8 Å². The monoisotopic (exact) mass is 483 g/mol. The number of aromatic nitrogens is 4. The van der Waals surface area contributed by atoms with Crippen LogP contribution in [0, 0.1) is 13.8 Å². The lowest BCUT2D eigenvalue weighted by molar-refractivity contribution is -0.113. The third kappa shape index (κ3) is 4.96. The fourth-order valence-corrected chi connectivity index (χ4v) is 4.10. The molecular formula is C23H19Cl2N5OS. The largest absolute Gasteiger partial charge is 0.325 e. The van der Waals surface area contributed by atoms with Crippen LogP contribution in [0.3, 0.4) is 0 Å². The number of pyridine rings is 1. The summed E-state index contributed by atoms with van der Waals surface area (Å²) in [5, 5.41) is 13.0. The summed E-state index contributed by atoms with van der Waals surface area (Å²) in [6.45, 7) is 4.13. The van der Waals surface area contributed by atoms with Crippen LogP contribution in [0.5, 0.6) is 0 Å². The molecule has 2 aromatic carbocycles. The highest BCUT2D eigenvalue weighted by atomic mass is 35.5. The second kappa shape index (κ2) is 9.73. The van der Waals surface area contributed by atoms with E-state index in [4.69, 9.17) is 23.2 Å². The van der Waals surface area contributed by atoms with Gasteiger partial charge in [0.05, 0.1) is 21.5 Å². The second-order valence-corrected chi connectivity index (χ2v) is 8.87. The third-order valence-electron chi connectivity index (χ3n) is 4.86. The molecule has 0 saturated carbocycles. The van der Waals surface area contributed by atoms with Crippen LogP contribution in [0.4, 0.5) is 5.69 Å². The smallest absolute Gasteiger partial charge is 0.234 e. The molecule has 2 heterocycles. The van der Waals surface area contributed by atoms with Crippen molar-refractivity contribution in [3.05, 3.63) is 82.1 Å². The Kier molecular flexibility index (Phi) is 6.79. The summed E-state index contributed by atoms with van der Waals surface area (Å²) in [7, 11) is 0. The van der Waals surface area contributed by atoms with E-state index in [1.807, 2.05) is 22.8 Å². The van der Waals surface area contributed by atoms with E-state index in [1.54, 1.807) is 30.6 Å². The zero-order valence-electron chi connectivity index (χ0n) is 17.3. The third-order valence-corrected chi connectivity index (χ3v) is 6.52. The highest BCUT2D eigenvalue weighted by Gasteiger charge is 2.18. The molecule has 0 fully saturated rings. The van der Waals surface area contributed by atoms with Crippen LogP contribution in [0.25, 0.3) is 17.1 Å². The zero-order chi connectivity index (χ0) is 22.7. The number of thioether (sulfide) groups is 1. The van der Waals surface area contributed by atoms with Crippen LogP contribution >= 0.6 is 35.0 Å². The van der Waals surface area contributed by atoms with Crippen LogP contribution in [0.15, 0.2) is 66.1 Å². The van der Waals surface area contributed by atoms with Crippen molar-refractivity contribution in [2.24, 2.45) is 0 Å². The summed E-state index contributed by atoms with van der Waals surface area (Å²) >= 11 is 13.3. The topological polar surface area (TPSA) is 72.7 Å². The number of nitrogens with zero attached hydrogens (tertiary/aromatic N) is 4. The highest BCUT2D eigenvalue weighted by Crippen LogP contribution is 2.29. The Balaban J connectivity index is 1.60. The lowest BCUT2D eigenvalue weighted by atomic mass is 10.1. The standard InChI is InChI=1S/C23H19Cl2N5OS/c1-14-3-5-18(11-15(14)2)30-22(16-7-9-26-10-8-16)28-29-23(30)32-13-21(31)27-17-4-6-19(24)20(25)12-17/h3-12H,13H2,1-2H3,(H,27,31). The summed E-state index contributed by atoms with van der Waals surface area (Å²) in [6.07, 6.45) is 3.43. The molecule has 0 saturated heterocycles. The minimum atomic E-state index is -0.187. The maximum absolute atomic E-state index is 12.5. The van der Waals surface area contributed by atoms with E-state index < -0.39 is 0 Å². The van der Waals surface area contributed by atoms with Crippen molar-refractivity contribution >= 4 is 46.6 Å². The molecule has 0 atom stereocenters. The van der Waals surface area contributed by atoms with Gasteiger partial charge in [0.25, 0.3) is 0 Å². The van der Waals surface area contributed by atoms with Gasteiger partial charge in [-0.3, -0.25) is 14.3 Å². The first-order valence-corrected chi connectivity index (χ1v) is 11.5. The zero-order valence-corrected chi connectivity index (χ0v) is 19.7. The van der Waals surface area contributed by atoms with Crippen molar-refractivity contribution in [2.45, 2.75) is 19.0 Å². The number of aryl methyl sites for hydroxylation is 2. The van der Waals surface area contributed by atoms with Gasteiger partial charge in [-0.25, -0.2) is 0 Å². The Bertz CT molecular complexity index is 1280. The van der Waals surface area contributed by atoms with Crippen LogP contribution < -0.4 is 5.32 Å². The molecule has 0 unspecified atom stereocenters. The van der Waals surface area contributed by atoms with Gasteiger partial charge in [0.15, 0.2) is 11.0 Å². The highest BCUT2D eigenvalue weighted by molar-refractivity contribution is 7.99. The molecule has 0 spiro atoms. The molecule has 0 aliphatic carbocycles. The van der Waals surface area contributed by atoms with Crippen LogP contribution in [-0.2, 0) is 4.79 Å². The predicted molar refractivity (Wildman–Crippen MR) is 130 cm³/mol. The maximum atomic E-state index is 12.5. The quantitative estimate of drug-likeness (QED) is 0.341. The van der Waals surface area contributed by atoms with E-state index >= 15 is 0 Å². The summed E-state index contributed by atoms with van der Waals surface area (Å²) < 4.78 is 1.96. The Morgan fingerprint density at radius 1 is 0.969 bits per heavy atom.